The summed E-state index contributed by atoms with van der Waals surface area (Å²) in [6.45, 7) is 4.24. The topological polar surface area (TPSA) is 79.7 Å². The van der Waals surface area contributed by atoms with Crippen LogP contribution >= 0.6 is 11.6 Å². The van der Waals surface area contributed by atoms with E-state index in [9.17, 15) is 14.7 Å². The summed E-state index contributed by atoms with van der Waals surface area (Å²) in [6, 6.07) is 6.18. The molecule has 1 aromatic heterocycles. The molecule has 152 valence electrons. The Labute approximate surface area is 174 Å². The molecule has 1 unspecified atom stereocenters. The fourth-order valence-electron chi connectivity index (χ4n) is 3.58. The zero-order valence-corrected chi connectivity index (χ0v) is 17.4. The van der Waals surface area contributed by atoms with Crippen LogP contribution in [0.25, 0.3) is 5.76 Å². The number of hydrogen-bond acceptors (Lipinski definition) is 5. The van der Waals surface area contributed by atoms with E-state index in [0.29, 0.717) is 17.1 Å². The summed E-state index contributed by atoms with van der Waals surface area (Å²) in [4.78, 5) is 31.3. The number of rotatable bonds is 6. The van der Waals surface area contributed by atoms with Crippen LogP contribution in [0, 0.1) is 6.92 Å². The van der Waals surface area contributed by atoms with E-state index >= 15 is 0 Å². The van der Waals surface area contributed by atoms with Gasteiger partial charge in [0.15, 0.2) is 0 Å². The number of Topliss-reactive ketones (excluding diaryl/α,β-unsaturated/α-hetero) is 1. The second kappa shape index (κ2) is 8.66. The molecule has 1 atom stereocenters. The number of amides is 1. The molecule has 2 heterocycles. The van der Waals surface area contributed by atoms with Crippen LogP contribution in [-0.2, 0) is 9.59 Å². The molecule has 6 nitrogen and oxygen atoms in total. The summed E-state index contributed by atoms with van der Waals surface area (Å²) in [5.41, 5.74) is 1.73. The Hall–Kier alpha value is -2.86. The van der Waals surface area contributed by atoms with Crippen molar-refractivity contribution in [2.45, 2.75) is 32.7 Å². The zero-order valence-electron chi connectivity index (χ0n) is 16.6. The van der Waals surface area contributed by atoms with Crippen molar-refractivity contribution in [1.29, 1.82) is 0 Å². The number of halogens is 1. The van der Waals surface area contributed by atoms with Gasteiger partial charge in [0, 0.05) is 18.9 Å². The Bertz CT molecular complexity index is 972. The van der Waals surface area contributed by atoms with Gasteiger partial charge in [-0.1, -0.05) is 31.0 Å². The largest absolute Gasteiger partial charge is 0.507 e. The van der Waals surface area contributed by atoms with E-state index in [1.165, 1.54) is 12.0 Å². The van der Waals surface area contributed by atoms with Crippen molar-refractivity contribution in [1.82, 2.24) is 9.88 Å². The van der Waals surface area contributed by atoms with Gasteiger partial charge in [0.2, 0.25) is 0 Å². The van der Waals surface area contributed by atoms with Gasteiger partial charge in [-0.15, -0.1) is 0 Å². The number of likely N-dealkylation sites (tertiary alicyclic amines) is 1. The minimum atomic E-state index is -0.730. The molecule has 1 aliphatic rings. The summed E-state index contributed by atoms with van der Waals surface area (Å²) in [6.07, 6.45) is 4.82. The van der Waals surface area contributed by atoms with Crippen LogP contribution < -0.4 is 4.74 Å². The minimum absolute atomic E-state index is 0.0130. The number of hydrogen-bond donors (Lipinski definition) is 1. The number of aliphatic hydroxyl groups is 1. The van der Waals surface area contributed by atoms with Gasteiger partial charge in [-0.05, 0) is 42.7 Å². The number of pyridine rings is 1. The molecule has 0 aliphatic carbocycles. The molecule has 1 saturated heterocycles. The van der Waals surface area contributed by atoms with Crippen molar-refractivity contribution in [2.24, 2.45) is 0 Å². The highest BCUT2D eigenvalue weighted by Gasteiger charge is 2.46. The maximum atomic E-state index is 12.9. The SMILES string of the molecule is CCCCN1C(=O)C(=O)/C(=C(/O)c2cc(C)cc(Cl)c2OC)C1c1cccnc1. The monoisotopic (exact) mass is 414 g/mol. The number of methoxy groups -OCH3 is 1. The van der Waals surface area contributed by atoms with Crippen molar-refractivity contribution in [2.75, 3.05) is 13.7 Å². The van der Waals surface area contributed by atoms with Crippen LogP contribution in [-0.4, -0.2) is 40.3 Å². The van der Waals surface area contributed by atoms with Crippen LogP contribution in [0.1, 0.15) is 42.5 Å². The maximum absolute atomic E-state index is 12.9. The molecule has 29 heavy (non-hydrogen) atoms. The number of ether oxygens (including phenoxy) is 1. The smallest absolute Gasteiger partial charge is 0.295 e. The summed E-state index contributed by atoms with van der Waals surface area (Å²) in [5.74, 6) is -1.42. The van der Waals surface area contributed by atoms with E-state index in [4.69, 9.17) is 16.3 Å². The molecule has 0 bridgehead atoms. The van der Waals surface area contributed by atoms with Crippen LogP contribution in [0.5, 0.6) is 5.75 Å². The first-order valence-corrected chi connectivity index (χ1v) is 9.81. The van der Waals surface area contributed by atoms with E-state index in [-0.39, 0.29) is 22.6 Å². The van der Waals surface area contributed by atoms with Gasteiger partial charge in [-0.3, -0.25) is 14.6 Å². The lowest BCUT2D eigenvalue weighted by Crippen LogP contribution is -2.30. The molecule has 1 aliphatic heterocycles. The average Bonchev–Trinajstić information content (AvgIpc) is 2.96. The van der Waals surface area contributed by atoms with Gasteiger partial charge in [-0.25, -0.2) is 0 Å². The first-order valence-electron chi connectivity index (χ1n) is 9.43. The summed E-state index contributed by atoms with van der Waals surface area (Å²) < 4.78 is 5.36. The highest BCUT2D eigenvalue weighted by Crippen LogP contribution is 2.42. The second-order valence-corrected chi connectivity index (χ2v) is 7.37. The third-order valence-electron chi connectivity index (χ3n) is 4.94. The van der Waals surface area contributed by atoms with E-state index < -0.39 is 17.7 Å². The van der Waals surface area contributed by atoms with Crippen molar-refractivity contribution in [3.63, 3.8) is 0 Å². The average molecular weight is 415 g/mol. The van der Waals surface area contributed by atoms with Crippen LogP contribution in [0.2, 0.25) is 5.02 Å². The molecule has 1 N–H and O–H groups in total. The number of nitrogens with zero attached hydrogens (tertiary/aromatic N) is 2. The molecule has 3 rings (SSSR count). The lowest BCUT2D eigenvalue weighted by molar-refractivity contribution is -0.139. The molecule has 1 amide bonds. The van der Waals surface area contributed by atoms with Crippen LogP contribution in [0.15, 0.2) is 42.2 Å². The van der Waals surface area contributed by atoms with Crippen LogP contribution in [0.4, 0.5) is 0 Å². The Morgan fingerprint density at radius 2 is 2.10 bits per heavy atom. The van der Waals surface area contributed by atoms with Crippen molar-refractivity contribution in [3.05, 3.63) is 63.9 Å². The predicted molar refractivity (Wildman–Crippen MR) is 111 cm³/mol. The molecule has 2 aromatic rings. The Kier molecular flexibility index (Phi) is 6.23. The number of ketones is 1. The minimum Gasteiger partial charge on any atom is -0.507 e. The normalized spacial score (nSPS) is 18.3. The van der Waals surface area contributed by atoms with Gasteiger partial charge in [-0.2, -0.15) is 0 Å². The number of aliphatic hydroxyl groups excluding tert-OH is 1. The number of carbonyl (C=O) groups is 2. The third-order valence-corrected chi connectivity index (χ3v) is 5.22. The number of benzene rings is 1. The molecular weight excluding hydrogens is 392 g/mol. The quantitative estimate of drug-likeness (QED) is 0.433. The van der Waals surface area contributed by atoms with Crippen LogP contribution in [0.3, 0.4) is 0 Å². The molecule has 0 spiro atoms. The number of aromatic nitrogens is 1. The lowest BCUT2D eigenvalue weighted by atomic mass is 9.95. The fraction of sp³-hybridized carbons (Fsp3) is 0.318. The highest BCUT2D eigenvalue weighted by molar-refractivity contribution is 6.46. The van der Waals surface area contributed by atoms with Gasteiger partial charge in [0.1, 0.15) is 11.5 Å². The van der Waals surface area contributed by atoms with Gasteiger partial charge >= 0.3 is 0 Å². The van der Waals surface area contributed by atoms with Gasteiger partial charge < -0.3 is 14.7 Å². The van der Waals surface area contributed by atoms with E-state index in [2.05, 4.69) is 4.98 Å². The second-order valence-electron chi connectivity index (χ2n) is 6.96. The molecule has 0 radical (unpaired) electrons. The summed E-state index contributed by atoms with van der Waals surface area (Å²) in [7, 11) is 1.44. The van der Waals surface area contributed by atoms with Crippen molar-refractivity contribution in [3.8, 4) is 5.75 Å². The van der Waals surface area contributed by atoms with Gasteiger partial charge in [0.05, 0.1) is 29.3 Å². The highest BCUT2D eigenvalue weighted by atomic mass is 35.5. The Balaban J connectivity index is 2.24. The molecule has 1 fully saturated rings. The molecule has 0 saturated carbocycles. The molecule has 7 heteroatoms. The Morgan fingerprint density at radius 3 is 2.72 bits per heavy atom. The first kappa shape index (κ1) is 20.9. The van der Waals surface area contributed by atoms with E-state index in [1.807, 2.05) is 13.8 Å². The van der Waals surface area contributed by atoms with Crippen molar-refractivity contribution < 1.29 is 19.4 Å². The Morgan fingerprint density at radius 1 is 1.34 bits per heavy atom. The van der Waals surface area contributed by atoms with E-state index in [1.54, 1.807) is 36.7 Å². The number of unbranched alkanes of at least 4 members (excludes halogenated alkanes) is 1. The van der Waals surface area contributed by atoms with Gasteiger partial charge in [0.25, 0.3) is 11.7 Å². The summed E-state index contributed by atoms with van der Waals surface area (Å²) in [5, 5.41) is 11.5. The predicted octanol–water partition coefficient (Wildman–Crippen LogP) is 4.27. The molecular formula is C22H23ClN2O4. The summed E-state index contributed by atoms with van der Waals surface area (Å²) >= 11 is 6.27. The third kappa shape index (κ3) is 3.85. The first-order chi connectivity index (χ1) is 13.9. The number of aryl methyl sites for hydroxylation is 1. The van der Waals surface area contributed by atoms with Crippen molar-refractivity contribution >= 4 is 29.1 Å². The fourth-order valence-corrected chi connectivity index (χ4v) is 3.93. The maximum Gasteiger partial charge on any atom is 0.295 e. The number of carbonyl (C=O) groups excluding carboxylic acids is 2. The standard InChI is InChI=1S/C22H23ClN2O4/c1-4-5-9-25-18(14-7-6-8-24-12-14)17(20(27)22(25)28)19(26)15-10-13(2)11-16(23)21(15)29-3/h6-8,10-12,18,26H,4-5,9H2,1-3H3/b19-17+. The van der Waals surface area contributed by atoms with E-state index in [0.717, 1.165) is 18.4 Å². The lowest BCUT2D eigenvalue weighted by Gasteiger charge is -2.25. The zero-order chi connectivity index (χ0) is 21.1. The molecule has 1 aromatic carbocycles.